The van der Waals surface area contributed by atoms with Gasteiger partial charge in [-0.15, -0.1) is 11.8 Å². The summed E-state index contributed by atoms with van der Waals surface area (Å²) in [6.45, 7) is 7.76. The van der Waals surface area contributed by atoms with Crippen LogP contribution in [-0.4, -0.2) is 41.2 Å². The summed E-state index contributed by atoms with van der Waals surface area (Å²) < 4.78 is 18.4. The third kappa shape index (κ3) is 8.25. The lowest BCUT2D eigenvalue weighted by molar-refractivity contribution is -0.139. The standard InChI is InChI=1S/C24H31FN2O3S/c1-17(23(29)26-24(2,3)4)27(14-19-7-6-8-21(13-19)30-5)22(28)16-31-15-18-9-11-20(25)12-10-18/h6-13,17H,14-16H2,1-5H3,(H,26,29)/t17-/m0/s1. The van der Waals surface area contributed by atoms with E-state index in [0.717, 1.165) is 11.1 Å². The molecule has 168 valence electrons. The Morgan fingerprint density at radius 1 is 1.13 bits per heavy atom. The first-order valence-electron chi connectivity index (χ1n) is 10.2. The van der Waals surface area contributed by atoms with E-state index in [1.165, 1.54) is 23.9 Å². The topological polar surface area (TPSA) is 58.6 Å². The highest BCUT2D eigenvalue weighted by molar-refractivity contribution is 7.99. The maximum Gasteiger partial charge on any atom is 0.242 e. The van der Waals surface area contributed by atoms with Crippen molar-refractivity contribution in [2.45, 2.75) is 51.6 Å². The average Bonchev–Trinajstić information content (AvgIpc) is 2.71. The molecule has 2 amide bonds. The zero-order valence-corrected chi connectivity index (χ0v) is 19.6. The summed E-state index contributed by atoms with van der Waals surface area (Å²) in [6.07, 6.45) is 0. The number of thioether (sulfide) groups is 1. The molecule has 0 radical (unpaired) electrons. The summed E-state index contributed by atoms with van der Waals surface area (Å²) in [5, 5.41) is 2.95. The molecule has 2 aromatic rings. The molecule has 0 fully saturated rings. The summed E-state index contributed by atoms with van der Waals surface area (Å²) in [7, 11) is 1.59. The molecule has 7 heteroatoms. The fraction of sp³-hybridized carbons (Fsp3) is 0.417. The van der Waals surface area contributed by atoms with Gasteiger partial charge in [0.15, 0.2) is 0 Å². The summed E-state index contributed by atoms with van der Waals surface area (Å²) in [5.74, 6) is 0.880. The van der Waals surface area contributed by atoms with E-state index in [1.807, 2.05) is 45.0 Å². The van der Waals surface area contributed by atoms with Crippen molar-refractivity contribution in [3.05, 3.63) is 65.5 Å². The third-order valence-corrected chi connectivity index (χ3v) is 5.55. The smallest absolute Gasteiger partial charge is 0.242 e. The van der Waals surface area contributed by atoms with Crippen LogP contribution in [0.2, 0.25) is 0 Å². The quantitative estimate of drug-likeness (QED) is 0.620. The number of nitrogens with zero attached hydrogens (tertiary/aromatic N) is 1. The first kappa shape index (κ1) is 24.7. The fourth-order valence-electron chi connectivity index (χ4n) is 2.94. The van der Waals surface area contributed by atoms with Gasteiger partial charge in [0.25, 0.3) is 0 Å². The Labute approximate surface area is 188 Å². The first-order chi connectivity index (χ1) is 14.6. The van der Waals surface area contributed by atoms with Crippen LogP contribution >= 0.6 is 11.8 Å². The van der Waals surface area contributed by atoms with Crippen molar-refractivity contribution in [1.82, 2.24) is 10.2 Å². The summed E-state index contributed by atoms with van der Waals surface area (Å²) in [6, 6.07) is 13.1. The minimum atomic E-state index is -0.635. The van der Waals surface area contributed by atoms with Gasteiger partial charge in [-0.2, -0.15) is 0 Å². The molecule has 0 aliphatic heterocycles. The number of carbonyl (C=O) groups is 2. The normalized spacial score (nSPS) is 12.2. The monoisotopic (exact) mass is 446 g/mol. The molecule has 2 aromatic carbocycles. The van der Waals surface area contributed by atoms with Crippen molar-refractivity contribution in [2.75, 3.05) is 12.9 Å². The van der Waals surface area contributed by atoms with Crippen LogP contribution in [0.15, 0.2) is 48.5 Å². The molecular formula is C24H31FN2O3S. The van der Waals surface area contributed by atoms with Gasteiger partial charge in [0.1, 0.15) is 17.6 Å². The van der Waals surface area contributed by atoms with E-state index < -0.39 is 11.6 Å². The maximum absolute atomic E-state index is 13.1. The number of rotatable bonds is 9. The Hall–Kier alpha value is -2.54. The van der Waals surface area contributed by atoms with Crippen LogP contribution in [0.25, 0.3) is 0 Å². The van der Waals surface area contributed by atoms with Crippen LogP contribution in [0.4, 0.5) is 4.39 Å². The lowest BCUT2D eigenvalue weighted by Gasteiger charge is -2.31. The van der Waals surface area contributed by atoms with E-state index in [4.69, 9.17) is 4.74 Å². The molecule has 0 aliphatic rings. The number of hydrogen-bond acceptors (Lipinski definition) is 4. The predicted octanol–water partition coefficient (Wildman–Crippen LogP) is 4.40. The van der Waals surface area contributed by atoms with E-state index >= 15 is 0 Å². The average molecular weight is 447 g/mol. The minimum Gasteiger partial charge on any atom is -0.497 e. The Kier molecular flexibility index (Phi) is 8.92. The van der Waals surface area contributed by atoms with Crippen molar-refractivity contribution >= 4 is 23.6 Å². The fourth-order valence-corrected chi connectivity index (χ4v) is 3.81. The van der Waals surface area contributed by atoms with Gasteiger partial charge in [0, 0.05) is 17.8 Å². The van der Waals surface area contributed by atoms with Crippen molar-refractivity contribution in [3.63, 3.8) is 0 Å². The van der Waals surface area contributed by atoms with Crippen molar-refractivity contribution < 1.29 is 18.7 Å². The van der Waals surface area contributed by atoms with Crippen LogP contribution in [0.3, 0.4) is 0 Å². The van der Waals surface area contributed by atoms with Gasteiger partial charge in [-0.05, 0) is 63.1 Å². The number of benzene rings is 2. The number of halogens is 1. The Morgan fingerprint density at radius 3 is 2.42 bits per heavy atom. The zero-order chi connectivity index (χ0) is 23.0. The van der Waals surface area contributed by atoms with Crippen LogP contribution in [0.5, 0.6) is 5.75 Å². The second-order valence-electron chi connectivity index (χ2n) is 8.41. The van der Waals surface area contributed by atoms with Gasteiger partial charge < -0.3 is 15.0 Å². The highest BCUT2D eigenvalue weighted by Crippen LogP contribution is 2.19. The molecule has 0 aliphatic carbocycles. The number of nitrogens with one attached hydrogen (secondary N) is 1. The van der Waals surface area contributed by atoms with Crippen molar-refractivity contribution in [1.29, 1.82) is 0 Å². The molecule has 0 aromatic heterocycles. The van der Waals surface area contributed by atoms with Gasteiger partial charge in [-0.3, -0.25) is 9.59 Å². The van der Waals surface area contributed by atoms with Gasteiger partial charge in [-0.1, -0.05) is 24.3 Å². The van der Waals surface area contributed by atoms with Crippen LogP contribution < -0.4 is 10.1 Å². The Morgan fingerprint density at radius 2 is 1.81 bits per heavy atom. The van der Waals surface area contributed by atoms with Crippen molar-refractivity contribution in [2.24, 2.45) is 0 Å². The third-order valence-electron chi connectivity index (χ3n) is 4.56. The number of ether oxygens (including phenoxy) is 1. The largest absolute Gasteiger partial charge is 0.497 e. The van der Waals surface area contributed by atoms with E-state index in [2.05, 4.69) is 5.32 Å². The number of amides is 2. The van der Waals surface area contributed by atoms with Crippen molar-refractivity contribution in [3.8, 4) is 5.75 Å². The minimum absolute atomic E-state index is 0.133. The summed E-state index contributed by atoms with van der Waals surface area (Å²) >= 11 is 1.44. The van der Waals surface area contributed by atoms with Gasteiger partial charge in [-0.25, -0.2) is 4.39 Å². The highest BCUT2D eigenvalue weighted by atomic mass is 32.2. The van der Waals surface area contributed by atoms with Crippen LogP contribution in [0.1, 0.15) is 38.8 Å². The van der Waals surface area contributed by atoms with E-state index in [0.29, 0.717) is 18.0 Å². The molecule has 31 heavy (non-hydrogen) atoms. The molecular weight excluding hydrogens is 415 g/mol. The number of carbonyl (C=O) groups excluding carboxylic acids is 2. The molecule has 2 rings (SSSR count). The lowest BCUT2D eigenvalue weighted by Crippen LogP contribution is -2.52. The molecule has 0 saturated carbocycles. The maximum atomic E-state index is 13.1. The molecule has 0 saturated heterocycles. The Bertz CT molecular complexity index is 881. The molecule has 1 N–H and O–H groups in total. The second kappa shape index (κ2) is 11.2. The predicted molar refractivity (Wildman–Crippen MR) is 123 cm³/mol. The molecule has 0 bridgehead atoms. The zero-order valence-electron chi connectivity index (χ0n) is 18.8. The Balaban J connectivity index is 2.11. The SMILES string of the molecule is COc1cccc(CN(C(=O)CSCc2ccc(F)cc2)[C@@H](C)C(=O)NC(C)(C)C)c1. The lowest BCUT2D eigenvalue weighted by atomic mass is 10.1. The molecule has 0 spiro atoms. The van der Waals surface area contributed by atoms with Gasteiger partial charge >= 0.3 is 0 Å². The molecule has 0 heterocycles. The second-order valence-corrected chi connectivity index (χ2v) is 9.39. The summed E-state index contributed by atoms with van der Waals surface area (Å²) in [5.41, 5.74) is 1.43. The molecule has 0 unspecified atom stereocenters. The molecule has 5 nitrogen and oxygen atoms in total. The van der Waals surface area contributed by atoms with Gasteiger partial charge in [0.05, 0.1) is 12.9 Å². The number of methoxy groups -OCH3 is 1. The van der Waals surface area contributed by atoms with Crippen LogP contribution in [0, 0.1) is 5.82 Å². The van der Waals surface area contributed by atoms with Crippen LogP contribution in [-0.2, 0) is 21.9 Å². The van der Waals surface area contributed by atoms with E-state index in [-0.39, 0.29) is 23.4 Å². The summed E-state index contributed by atoms with van der Waals surface area (Å²) in [4.78, 5) is 27.5. The number of hydrogen-bond donors (Lipinski definition) is 1. The first-order valence-corrected chi connectivity index (χ1v) is 11.3. The van der Waals surface area contributed by atoms with E-state index in [9.17, 15) is 14.0 Å². The van der Waals surface area contributed by atoms with E-state index in [1.54, 1.807) is 31.1 Å². The molecule has 1 atom stereocenters. The van der Waals surface area contributed by atoms with Gasteiger partial charge in [0.2, 0.25) is 11.8 Å². The highest BCUT2D eigenvalue weighted by Gasteiger charge is 2.28.